The van der Waals surface area contributed by atoms with E-state index in [-0.39, 0.29) is 33.6 Å². The Morgan fingerprint density at radius 1 is 0.773 bits per heavy atom. The standard InChI is InChI=1S/C14H8N4O4/c15-22-14-8-4-2-5-9(16-19)11(8)13(18-21)7-3-1-6-10(17-20)12(7)14/h1-6H,15H2. The summed E-state index contributed by atoms with van der Waals surface area (Å²) in [5.41, 5.74) is 0.0532. The summed E-state index contributed by atoms with van der Waals surface area (Å²) in [5.74, 6) is 5.45. The molecular weight excluding hydrogens is 288 g/mol. The molecule has 8 heteroatoms. The van der Waals surface area contributed by atoms with E-state index in [1.165, 1.54) is 18.2 Å². The molecule has 8 nitrogen and oxygen atoms in total. The van der Waals surface area contributed by atoms with Crippen molar-refractivity contribution in [1.29, 1.82) is 0 Å². The van der Waals surface area contributed by atoms with Crippen molar-refractivity contribution in [2.45, 2.75) is 0 Å². The highest BCUT2D eigenvalue weighted by Gasteiger charge is 2.21. The Balaban J connectivity index is 2.73. The molecule has 0 aliphatic rings. The molecule has 0 heterocycles. The summed E-state index contributed by atoms with van der Waals surface area (Å²) in [7, 11) is 0. The number of nitrogens with two attached hydrogens (primary N) is 1. The second kappa shape index (κ2) is 5.26. The van der Waals surface area contributed by atoms with Crippen LogP contribution in [0, 0.1) is 14.7 Å². The van der Waals surface area contributed by atoms with Crippen LogP contribution in [0.15, 0.2) is 51.9 Å². The Bertz CT molecular complexity index is 939. The van der Waals surface area contributed by atoms with Crippen LogP contribution in [0.5, 0.6) is 5.75 Å². The van der Waals surface area contributed by atoms with Crippen molar-refractivity contribution in [3.8, 4) is 5.75 Å². The minimum atomic E-state index is -0.0218. The van der Waals surface area contributed by atoms with Crippen molar-refractivity contribution >= 4 is 38.6 Å². The molecule has 0 fully saturated rings. The van der Waals surface area contributed by atoms with Gasteiger partial charge in [-0.3, -0.25) is 0 Å². The molecule has 0 aromatic heterocycles. The third-order valence-corrected chi connectivity index (χ3v) is 3.45. The van der Waals surface area contributed by atoms with Gasteiger partial charge in [-0.15, -0.1) is 14.7 Å². The van der Waals surface area contributed by atoms with Crippen molar-refractivity contribution in [3.05, 3.63) is 51.1 Å². The third-order valence-electron chi connectivity index (χ3n) is 3.45. The molecule has 3 rings (SSSR count). The van der Waals surface area contributed by atoms with Crippen LogP contribution in [-0.4, -0.2) is 0 Å². The van der Waals surface area contributed by atoms with E-state index in [0.717, 1.165) is 0 Å². The van der Waals surface area contributed by atoms with E-state index in [4.69, 9.17) is 10.7 Å². The quantitative estimate of drug-likeness (QED) is 0.433. The predicted octanol–water partition coefficient (Wildman–Crippen LogP) is 4.44. The van der Waals surface area contributed by atoms with Crippen molar-refractivity contribution in [2.75, 3.05) is 0 Å². The highest BCUT2D eigenvalue weighted by molar-refractivity contribution is 6.20. The number of fused-ring (bicyclic) bond motifs is 2. The van der Waals surface area contributed by atoms with Gasteiger partial charge in [-0.05, 0) is 27.7 Å². The molecule has 22 heavy (non-hydrogen) atoms. The molecule has 0 radical (unpaired) electrons. The summed E-state index contributed by atoms with van der Waals surface area (Å²) in [4.78, 5) is 38.3. The topological polar surface area (TPSA) is 124 Å². The maximum Gasteiger partial charge on any atom is 0.165 e. The Labute approximate surface area is 122 Å². The van der Waals surface area contributed by atoms with E-state index < -0.39 is 0 Å². The molecule has 0 unspecified atom stereocenters. The predicted molar refractivity (Wildman–Crippen MR) is 82.6 cm³/mol. The average Bonchev–Trinajstić information content (AvgIpc) is 2.58. The first-order chi connectivity index (χ1) is 10.8. The van der Waals surface area contributed by atoms with Crippen LogP contribution in [0.1, 0.15) is 0 Å². The molecule has 0 spiro atoms. The number of hydrogen-bond donors (Lipinski definition) is 1. The third kappa shape index (κ3) is 1.75. The van der Waals surface area contributed by atoms with Gasteiger partial charge in [0.25, 0.3) is 0 Å². The maximum atomic E-state index is 11.3. The highest BCUT2D eigenvalue weighted by atomic mass is 16.6. The number of rotatable bonds is 4. The van der Waals surface area contributed by atoms with Crippen LogP contribution in [0.25, 0.3) is 21.5 Å². The molecule has 0 bridgehead atoms. The van der Waals surface area contributed by atoms with E-state index in [2.05, 4.69) is 15.5 Å². The highest BCUT2D eigenvalue weighted by Crippen LogP contribution is 2.48. The van der Waals surface area contributed by atoms with Crippen LogP contribution < -0.4 is 10.7 Å². The fraction of sp³-hybridized carbons (Fsp3) is 0. The molecule has 0 amide bonds. The van der Waals surface area contributed by atoms with Crippen molar-refractivity contribution in [2.24, 2.45) is 21.4 Å². The maximum absolute atomic E-state index is 11.3. The van der Waals surface area contributed by atoms with Crippen molar-refractivity contribution in [3.63, 3.8) is 0 Å². The van der Waals surface area contributed by atoms with Gasteiger partial charge in [0.2, 0.25) is 0 Å². The molecule has 0 aliphatic carbocycles. The van der Waals surface area contributed by atoms with Crippen molar-refractivity contribution in [1.82, 2.24) is 0 Å². The van der Waals surface area contributed by atoms with Gasteiger partial charge in [0, 0.05) is 16.2 Å². The summed E-state index contributed by atoms with van der Waals surface area (Å²) < 4.78 is 0. The van der Waals surface area contributed by atoms with E-state index in [9.17, 15) is 14.7 Å². The first-order valence-electron chi connectivity index (χ1n) is 6.15. The van der Waals surface area contributed by atoms with E-state index in [1.54, 1.807) is 18.2 Å². The molecule has 3 aromatic carbocycles. The lowest BCUT2D eigenvalue weighted by molar-refractivity contribution is 0.343. The van der Waals surface area contributed by atoms with Crippen molar-refractivity contribution < 1.29 is 4.84 Å². The second-order valence-electron chi connectivity index (χ2n) is 4.47. The Hall–Kier alpha value is -3.26. The van der Waals surface area contributed by atoms with Gasteiger partial charge in [-0.25, -0.2) is 0 Å². The summed E-state index contributed by atoms with van der Waals surface area (Å²) >= 11 is 0. The van der Waals surface area contributed by atoms with Crippen LogP contribution in [0.4, 0.5) is 17.1 Å². The van der Waals surface area contributed by atoms with E-state index in [1.807, 2.05) is 0 Å². The van der Waals surface area contributed by atoms with Crippen LogP contribution in [-0.2, 0) is 0 Å². The van der Waals surface area contributed by atoms with Crippen LogP contribution in [0.2, 0.25) is 0 Å². The molecule has 0 aliphatic heterocycles. The largest absolute Gasteiger partial charge is 0.410 e. The minimum Gasteiger partial charge on any atom is -0.410 e. The molecule has 108 valence electrons. The Morgan fingerprint density at radius 3 is 1.91 bits per heavy atom. The Morgan fingerprint density at radius 2 is 1.36 bits per heavy atom. The van der Waals surface area contributed by atoms with Crippen LogP contribution >= 0.6 is 0 Å². The fourth-order valence-electron chi connectivity index (χ4n) is 2.59. The SMILES string of the molecule is NOc1c2cccc(N=O)c2c(N=O)c2cccc(N=O)c12. The normalized spacial score (nSPS) is 10.6. The first-order valence-corrected chi connectivity index (χ1v) is 6.15. The zero-order valence-electron chi connectivity index (χ0n) is 11.0. The monoisotopic (exact) mass is 296 g/mol. The van der Waals surface area contributed by atoms with E-state index >= 15 is 0 Å². The van der Waals surface area contributed by atoms with Gasteiger partial charge in [-0.1, -0.05) is 24.3 Å². The zero-order chi connectivity index (χ0) is 15.7. The second-order valence-corrected chi connectivity index (χ2v) is 4.47. The summed E-state index contributed by atoms with van der Waals surface area (Å²) in [6, 6.07) is 9.14. The molecule has 0 atom stereocenters. The molecular formula is C14H8N4O4. The minimum absolute atomic E-state index is 0.0218. The molecule has 3 aromatic rings. The zero-order valence-corrected chi connectivity index (χ0v) is 11.0. The van der Waals surface area contributed by atoms with Gasteiger partial charge in [0.1, 0.15) is 17.1 Å². The number of hydrogen-bond acceptors (Lipinski definition) is 8. The van der Waals surface area contributed by atoms with Gasteiger partial charge in [0.05, 0.1) is 5.39 Å². The van der Waals surface area contributed by atoms with Gasteiger partial charge in [0.15, 0.2) is 5.75 Å². The van der Waals surface area contributed by atoms with E-state index in [0.29, 0.717) is 10.8 Å². The Kier molecular flexibility index (Phi) is 3.28. The van der Waals surface area contributed by atoms with Crippen LogP contribution in [0.3, 0.4) is 0 Å². The summed E-state index contributed by atoms with van der Waals surface area (Å²) in [6.07, 6.45) is 0. The first kappa shape index (κ1) is 13.7. The number of benzene rings is 3. The average molecular weight is 296 g/mol. The smallest absolute Gasteiger partial charge is 0.165 e. The lowest BCUT2D eigenvalue weighted by Gasteiger charge is -2.12. The molecule has 2 N–H and O–H groups in total. The summed E-state index contributed by atoms with van der Waals surface area (Å²) in [6.45, 7) is 0. The lowest BCUT2D eigenvalue weighted by Crippen LogP contribution is -2.03. The summed E-state index contributed by atoms with van der Waals surface area (Å²) in [5, 5.41) is 9.93. The molecule has 0 saturated carbocycles. The lowest BCUT2D eigenvalue weighted by atomic mass is 9.97. The number of nitrogens with zero attached hydrogens (tertiary/aromatic N) is 3. The van der Waals surface area contributed by atoms with Gasteiger partial charge < -0.3 is 4.84 Å². The fourth-order valence-corrected chi connectivity index (χ4v) is 2.59. The van der Waals surface area contributed by atoms with Gasteiger partial charge >= 0.3 is 0 Å². The number of nitroso groups, excluding NO2 is 3. The van der Waals surface area contributed by atoms with Gasteiger partial charge in [-0.2, -0.15) is 5.90 Å². The molecule has 0 saturated heterocycles.